The van der Waals surface area contributed by atoms with Crippen molar-refractivity contribution in [3.05, 3.63) is 76.5 Å². The predicted octanol–water partition coefficient (Wildman–Crippen LogP) is 3.56. The van der Waals surface area contributed by atoms with Gasteiger partial charge in [0.05, 0.1) is 22.8 Å². The summed E-state index contributed by atoms with van der Waals surface area (Å²) in [6.07, 6.45) is 1.20. The number of hydrogen-bond acceptors (Lipinski definition) is 13. The van der Waals surface area contributed by atoms with Gasteiger partial charge in [0.2, 0.25) is 30.3 Å². The molecule has 0 aromatic heterocycles. The minimum Gasteiger partial charge on any atom is -0.445 e. The van der Waals surface area contributed by atoms with Crippen molar-refractivity contribution in [1.82, 2.24) is 25.8 Å². The number of halogens is 1. The third kappa shape index (κ3) is 12.2. The van der Waals surface area contributed by atoms with E-state index in [-0.39, 0.29) is 41.1 Å². The summed E-state index contributed by atoms with van der Waals surface area (Å²) in [5, 5.41) is 8.51. The highest BCUT2D eigenvalue weighted by atomic mass is 35.5. The maximum atomic E-state index is 13.6. The van der Waals surface area contributed by atoms with Gasteiger partial charge in [0.25, 0.3) is 5.91 Å². The number of rotatable bonds is 13. The molecule has 5 N–H and O–H groups in total. The number of ether oxygens (including phenoxy) is 5. The van der Waals surface area contributed by atoms with Gasteiger partial charge in [0, 0.05) is 37.9 Å². The highest BCUT2D eigenvalue weighted by Gasteiger charge is 2.44. The number of hydrogen-bond donors (Lipinski definition) is 4. The first-order valence-corrected chi connectivity index (χ1v) is 21.0. The number of nitrogens with zero attached hydrogens (tertiary/aromatic N) is 2. The Morgan fingerprint density at radius 1 is 0.903 bits per heavy atom. The molecular formula is C43H55ClN6O12. The lowest BCUT2D eigenvalue weighted by atomic mass is 9.85. The van der Waals surface area contributed by atoms with Crippen molar-refractivity contribution in [3.63, 3.8) is 0 Å². The van der Waals surface area contributed by atoms with Gasteiger partial charge in [0.1, 0.15) is 30.8 Å². The maximum absolute atomic E-state index is 13.6. The summed E-state index contributed by atoms with van der Waals surface area (Å²) in [4.78, 5) is 90.7. The first kappa shape index (κ1) is 47.3. The lowest BCUT2D eigenvalue weighted by molar-refractivity contribution is -0.164. The molecule has 6 rings (SSSR count). The van der Waals surface area contributed by atoms with E-state index in [1.165, 1.54) is 34.1 Å². The number of esters is 2. The Morgan fingerprint density at radius 3 is 2.21 bits per heavy atom. The van der Waals surface area contributed by atoms with E-state index in [9.17, 15) is 33.6 Å². The third-order valence-corrected chi connectivity index (χ3v) is 10.8. The Labute approximate surface area is 365 Å². The number of nitrogen functional groups attached to an aromatic ring is 1. The highest BCUT2D eigenvalue weighted by Crippen LogP contribution is 2.28. The fourth-order valence-corrected chi connectivity index (χ4v) is 7.48. The van der Waals surface area contributed by atoms with Gasteiger partial charge in [-0.2, -0.15) is 0 Å². The average molecular weight is 883 g/mol. The molecule has 2 aromatic carbocycles. The molecule has 336 valence electrons. The second-order valence-electron chi connectivity index (χ2n) is 16.0. The number of carbonyl (C=O) groups is 7. The first-order valence-electron chi connectivity index (χ1n) is 20.6. The van der Waals surface area contributed by atoms with Crippen LogP contribution in [0.5, 0.6) is 0 Å². The van der Waals surface area contributed by atoms with Crippen LogP contribution in [0.4, 0.5) is 10.5 Å². The van der Waals surface area contributed by atoms with E-state index in [4.69, 9.17) is 41.0 Å². The van der Waals surface area contributed by atoms with Gasteiger partial charge in [-0.1, -0.05) is 62.7 Å². The van der Waals surface area contributed by atoms with Crippen LogP contribution < -0.4 is 21.7 Å². The Hall–Kier alpha value is -5.72. The number of carbonyl (C=O) groups excluding carboxylic acids is 7. The molecule has 62 heavy (non-hydrogen) atoms. The molecule has 0 unspecified atom stereocenters. The number of likely N-dealkylation sites (tertiary alicyclic amines) is 2. The van der Waals surface area contributed by atoms with Crippen molar-refractivity contribution in [2.24, 2.45) is 5.41 Å². The number of benzene rings is 2. The summed E-state index contributed by atoms with van der Waals surface area (Å²) in [6.45, 7) is 10.6. The Kier molecular flexibility index (Phi) is 16.3. The van der Waals surface area contributed by atoms with Gasteiger partial charge >= 0.3 is 18.0 Å². The molecular weight excluding hydrogens is 828 g/mol. The zero-order valence-electron chi connectivity index (χ0n) is 35.5. The maximum Gasteiger partial charge on any atom is 0.410 e. The van der Waals surface area contributed by atoms with Gasteiger partial charge in [-0.05, 0) is 68.7 Å². The first-order chi connectivity index (χ1) is 29.5. The predicted molar refractivity (Wildman–Crippen MR) is 223 cm³/mol. The molecule has 0 saturated carbocycles. The van der Waals surface area contributed by atoms with E-state index in [2.05, 4.69) is 16.0 Å². The topological polar surface area (TPSA) is 234 Å². The molecule has 4 heterocycles. The summed E-state index contributed by atoms with van der Waals surface area (Å²) >= 11 is 6.05. The van der Waals surface area contributed by atoms with Crippen LogP contribution in [0.2, 0.25) is 5.02 Å². The largest absolute Gasteiger partial charge is 0.445 e. The van der Waals surface area contributed by atoms with Crippen LogP contribution in [0, 0.1) is 5.41 Å². The van der Waals surface area contributed by atoms with E-state index < -0.39 is 72.0 Å². The molecule has 18 nitrogen and oxygen atoms in total. The molecule has 3 fully saturated rings. The molecule has 2 aromatic rings. The quantitative estimate of drug-likeness (QED) is 0.128. The average Bonchev–Trinajstić information content (AvgIpc) is 4.05. The second-order valence-corrected chi connectivity index (χ2v) is 16.4. The summed E-state index contributed by atoms with van der Waals surface area (Å²) < 4.78 is 26.1. The molecule has 0 radical (unpaired) electrons. The SMILES string of the molecule is CCO[C@@H]1OC(=O)C=C1NC(=O)[C@@H]1CCCN1C(=O)OCc1ccccc1.CCO[C@@H]1OC(=O)C[C@@H]1NC(=O)[C@@H]1CCCN1C(=O)[C@@H](NC(=O)c1ccc(N)c(Cl)c1)C(C)(C)C. The van der Waals surface area contributed by atoms with Crippen LogP contribution >= 0.6 is 11.6 Å². The number of anilines is 1. The number of nitrogens with two attached hydrogens (primary N) is 1. The summed E-state index contributed by atoms with van der Waals surface area (Å²) in [5.74, 6) is -2.63. The van der Waals surface area contributed by atoms with Crippen LogP contribution in [-0.2, 0) is 54.3 Å². The summed E-state index contributed by atoms with van der Waals surface area (Å²) in [6, 6.07) is 10.9. The van der Waals surface area contributed by atoms with Gasteiger partial charge in [-0.15, -0.1) is 0 Å². The van der Waals surface area contributed by atoms with Crippen molar-refractivity contribution in [3.8, 4) is 0 Å². The Morgan fingerprint density at radius 2 is 1.56 bits per heavy atom. The molecule has 19 heteroatoms. The van der Waals surface area contributed by atoms with E-state index in [0.717, 1.165) is 5.56 Å². The molecule has 0 spiro atoms. The molecule has 5 amide bonds. The second kappa shape index (κ2) is 21.4. The van der Waals surface area contributed by atoms with Gasteiger partial charge in [-0.3, -0.25) is 28.9 Å². The van der Waals surface area contributed by atoms with Crippen molar-refractivity contribution in [2.45, 2.75) is 110 Å². The highest BCUT2D eigenvalue weighted by molar-refractivity contribution is 6.33. The van der Waals surface area contributed by atoms with Gasteiger partial charge < -0.3 is 50.3 Å². The van der Waals surface area contributed by atoms with Crippen LogP contribution in [0.1, 0.15) is 82.6 Å². The smallest absolute Gasteiger partial charge is 0.410 e. The lowest BCUT2D eigenvalue weighted by Gasteiger charge is -2.35. The normalized spacial score (nSPS) is 22.4. The third-order valence-electron chi connectivity index (χ3n) is 10.4. The van der Waals surface area contributed by atoms with Gasteiger partial charge in [0.15, 0.2) is 0 Å². The minimum absolute atomic E-state index is 0.00188. The Balaban J connectivity index is 0.000000242. The Bertz CT molecular complexity index is 2010. The summed E-state index contributed by atoms with van der Waals surface area (Å²) in [7, 11) is 0. The van der Waals surface area contributed by atoms with Crippen LogP contribution in [0.25, 0.3) is 0 Å². The van der Waals surface area contributed by atoms with Crippen molar-refractivity contribution < 1.29 is 57.2 Å². The van der Waals surface area contributed by atoms with Crippen LogP contribution in [0.15, 0.2) is 60.3 Å². The molecule has 3 saturated heterocycles. The summed E-state index contributed by atoms with van der Waals surface area (Å²) in [5.41, 5.74) is 6.83. The fraction of sp³-hybridized carbons (Fsp3) is 0.512. The van der Waals surface area contributed by atoms with Crippen molar-refractivity contribution in [1.29, 1.82) is 0 Å². The molecule has 6 atom stereocenters. The molecule has 4 aliphatic rings. The zero-order valence-corrected chi connectivity index (χ0v) is 36.2. The van der Waals surface area contributed by atoms with E-state index in [1.54, 1.807) is 13.8 Å². The lowest BCUT2D eigenvalue weighted by Crippen LogP contribution is -2.58. The number of nitrogens with one attached hydrogen (secondary N) is 3. The number of cyclic esters (lactones) is 2. The van der Waals surface area contributed by atoms with Crippen molar-refractivity contribution in [2.75, 3.05) is 32.0 Å². The molecule has 4 aliphatic heterocycles. The van der Waals surface area contributed by atoms with Crippen LogP contribution in [-0.4, -0.2) is 115 Å². The van der Waals surface area contributed by atoms with E-state index in [0.29, 0.717) is 57.7 Å². The number of amides is 5. The standard InChI is InChI=1S/C24H33ClN4O6.C19H22N2O6/c1-5-34-23-16(12-18(30)35-23)27-21(32)17-7-6-10-29(17)22(33)19(24(2,3)4)28-20(31)13-8-9-15(26)14(25)11-13;1-2-25-18-14(11-16(22)27-18)20-17(23)15-9-6-10-21(15)19(24)26-12-13-7-4-3-5-8-13/h8-9,11,16-17,19,23H,5-7,10,12,26H2,1-4H3,(H,27,32)(H,28,31);3-5,7-8,11,15,18H,2,6,9-10,12H2,1H3,(H,20,23)/t16-,17-,19+,23+;15-,18+/m00/s1. The van der Waals surface area contributed by atoms with Crippen molar-refractivity contribution >= 4 is 58.9 Å². The zero-order chi connectivity index (χ0) is 45.1. The van der Waals surface area contributed by atoms with E-state index >= 15 is 0 Å². The monoisotopic (exact) mass is 882 g/mol. The van der Waals surface area contributed by atoms with Crippen LogP contribution in [0.3, 0.4) is 0 Å². The van der Waals surface area contributed by atoms with Gasteiger partial charge in [-0.25, -0.2) is 9.59 Å². The van der Waals surface area contributed by atoms with E-state index in [1.807, 2.05) is 51.1 Å². The fourth-order valence-electron chi connectivity index (χ4n) is 7.30. The minimum atomic E-state index is -0.925. The molecule has 0 aliphatic carbocycles. The molecule has 0 bridgehead atoms.